The number of rotatable bonds is 6. The first kappa shape index (κ1) is 18.5. The van der Waals surface area contributed by atoms with Crippen molar-refractivity contribution in [2.75, 3.05) is 0 Å². The van der Waals surface area contributed by atoms with Gasteiger partial charge < -0.3 is 5.73 Å². The smallest absolute Gasteiger partial charge is 0.272 e. The highest BCUT2D eigenvalue weighted by atomic mass is 31.0. The molecule has 0 spiro atoms. The molecule has 1 aromatic rings. The van der Waals surface area contributed by atoms with E-state index < -0.39 is 0 Å². The first-order valence-electron chi connectivity index (χ1n) is 9.19. The summed E-state index contributed by atoms with van der Waals surface area (Å²) in [5.74, 6) is 0. The maximum absolute atomic E-state index is 12.1. The summed E-state index contributed by atoms with van der Waals surface area (Å²) in [6, 6.07) is 5.48. The molecule has 5 nitrogen and oxygen atoms in total. The van der Waals surface area contributed by atoms with Crippen LogP contribution in [0.4, 0.5) is 5.69 Å². The van der Waals surface area contributed by atoms with Crippen LogP contribution in [0.25, 0.3) is 0 Å². The van der Waals surface area contributed by atoms with Crippen LogP contribution in [0.5, 0.6) is 0 Å². The Kier molecular flexibility index (Phi) is 5.26. The number of hydrogen-bond acceptors (Lipinski definition) is 4. The molecule has 0 saturated heterocycles. The summed E-state index contributed by atoms with van der Waals surface area (Å²) < 4.78 is 0. The van der Waals surface area contributed by atoms with Crippen LogP contribution in [-0.2, 0) is 17.6 Å². The van der Waals surface area contributed by atoms with Crippen molar-refractivity contribution in [1.29, 1.82) is 0 Å². The fraction of sp³-hybridized carbons (Fsp3) is 0.632. The molecule has 0 heterocycles. The Morgan fingerprint density at radius 1 is 1.12 bits per heavy atom. The van der Waals surface area contributed by atoms with Crippen LogP contribution >= 0.6 is 9.24 Å². The Balaban J connectivity index is 1.86. The summed E-state index contributed by atoms with van der Waals surface area (Å²) in [7, 11) is 2.32. The largest absolute Gasteiger partial charge is 0.325 e. The van der Waals surface area contributed by atoms with Crippen molar-refractivity contribution >= 4 is 20.5 Å². The molecular formula is C19H27N2O3P. The second kappa shape index (κ2) is 7.13. The van der Waals surface area contributed by atoms with E-state index in [2.05, 4.69) is 9.24 Å². The van der Waals surface area contributed by atoms with Crippen molar-refractivity contribution in [3.8, 4) is 0 Å². The van der Waals surface area contributed by atoms with Crippen molar-refractivity contribution in [3.63, 3.8) is 0 Å². The molecule has 2 aliphatic carbocycles. The molecule has 136 valence electrons. The molecule has 2 aliphatic rings. The molecule has 1 atom stereocenters. The number of nitrogens with two attached hydrogens (primary N) is 1. The van der Waals surface area contributed by atoms with Gasteiger partial charge in [-0.2, -0.15) is 0 Å². The predicted octanol–water partition coefficient (Wildman–Crippen LogP) is 3.91. The van der Waals surface area contributed by atoms with E-state index in [4.69, 9.17) is 5.73 Å². The molecule has 0 aliphatic heterocycles. The molecule has 2 fully saturated rings. The predicted molar refractivity (Wildman–Crippen MR) is 102 cm³/mol. The Hall–Kier alpha value is -1.32. The molecule has 2 saturated carbocycles. The molecule has 3 rings (SSSR count). The average molecular weight is 362 g/mol. The minimum Gasteiger partial charge on any atom is -0.325 e. The average Bonchev–Trinajstić information content (AvgIpc) is 3.19. The number of benzene rings is 1. The zero-order chi connectivity index (χ0) is 18.1. The third-order valence-electron chi connectivity index (χ3n) is 6.11. The summed E-state index contributed by atoms with van der Waals surface area (Å²) in [6.45, 7) is 0. The summed E-state index contributed by atoms with van der Waals surface area (Å²) >= 11 is 0. The number of nitrogens with zero attached hydrogens (tertiary/aromatic N) is 1. The van der Waals surface area contributed by atoms with E-state index in [1.807, 2.05) is 12.1 Å². The molecule has 0 aromatic heterocycles. The van der Waals surface area contributed by atoms with Gasteiger partial charge in [0.15, 0.2) is 5.52 Å². The lowest BCUT2D eigenvalue weighted by Gasteiger charge is -2.26. The van der Waals surface area contributed by atoms with Crippen molar-refractivity contribution in [3.05, 3.63) is 39.4 Å². The second-order valence-corrected chi connectivity index (χ2v) is 8.52. The van der Waals surface area contributed by atoms with Crippen LogP contribution in [0.15, 0.2) is 18.2 Å². The quantitative estimate of drug-likeness (QED) is 0.472. The number of nitro groups is 1. The summed E-state index contributed by atoms with van der Waals surface area (Å²) in [4.78, 5) is 23.4. The lowest BCUT2D eigenvalue weighted by molar-refractivity contribution is -0.385. The van der Waals surface area contributed by atoms with Crippen LogP contribution < -0.4 is 5.73 Å². The normalized spacial score (nSPS) is 21.4. The van der Waals surface area contributed by atoms with E-state index in [1.54, 1.807) is 6.07 Å². The highest BCUT2D eigenvalue weighted by Gasteiger charge is 2.39. The number of hydrogen-bond donors (Lipinski definition) is 1. The topological polar surface area (TPSA) is 86.2 Å². The van der Waals surface area contributed by atoms with Crippen molar-refractivity contribution in [2.24, 2.45) is 11.1 Å². The van der Waals surface area contributed by atoms with Crippen molar-refractivity contribution < 1.29 is 9.72 Å². The van der Waals surface area contributed by atoms with Crippen LogP contribution in [0, 0.1) is 15.5 Å². The highest BCUT2D eigenvalue weighted by Crippen LogP contribution is 2.44. The zero-order valence-corrected chi connectivity index (χ0v) is 15.8. The van der Waals surface area contributed by atoms with Gasteiger partial charge >= 0.3 is 0 Å². The molecular weight excluding hydrogens is 335 g/mol. The monoisotopic (exact) mass is 362 g/mol. The van der Waals surface area contributed by atoms with Gasteiger partial charge in [-0.15, -0.1) is 0 Å². The van der Waals surface area contributed by atoms with E-state index in [0.717, 1.165) is 62.5 Å². The maximum Gasteiger partial charge on any atom is 0.272 e. The lowest BCUT2D eigenvalue weighted by atomic mass is 9.80. The van der Waals surface area contributed by atoms with Crippen molar-refractivity contribution in [2.45, 2.75) is 69.7 Å². The summed E-state index contributed by atoms with van der Waals surface area (Å²) in [5.41, 5.74) is 7.63. The van der Waals surface area contributed by atoms with E-state index in [9.17, 15) is 14.9 Å². The number of carbonyl (C=O) groups excluding carboxylic acids is 1. The van der Waals surface area contributed by atoms with Crippen LogP contribution in [0.1, 0.15) is 62.5 Å². The molecule has 2 N–H and O–H groups in total. The zero-order valence-electron chi connectivity index (χ0n) is 14.6. The number of nitro benzene ring substituents is 1. The second-order valence-electron chi connectivity index (χ2n) is 7.99. The van der Waals surface area contributed by atoms with Gasteiger partial charge in [-0.1, -0.05) is 47.1 Å². The van der Waals surface area contributed by atoms with Crippen LogP contribution in [0.3, 0.4) is 0 Å². The standard InChI is InChI=1S/C19H27N2O3P/c20-19(9-3-4-10-19)13-15-6-5-14(11-16(15)21(23)24)12-18(17(22)25)7-1-2-8-18/h5-6,11H,1-4,7-10,12-13,20,25H2. The van der Waals surface area contributed by atoms with Gasteiger partial charge in [-0.05, 0) is 44.1 Å². The first-order chi connectivity index (χ1) is 11.8. The van der Waals surface area contributed by atoms with Crippen LogP contribution in [-0.4, -0.2) is 16.0 Å². The molecule has 0 radical (unpaired) electrons. The summed E-state index contributed by atoms with van der Waals surface area (Å²) in [5, 5.41) is 11.6. The van der Waals surface area contributed by atoms with E-state index in [0.29, 0.717) is 12.8 Å². The fourth-order valence-corrected chi connectivity index (χ4v) is 5.02. The van der Waals surface area contributed by atoms with Crippen molar-refractivity contribution in [1.82, 2.24) is 0 Å². The Morgan fingerprint density at radius 3 is 2.28 bits per heavy atom. The third kappa shape index (κ3) is 3.93. The molecule has 6 heteroatoms. The van der Waals surface area contributed by atoms with Gasteiger partial charge in [-0.3, -0.25) is 14.9 Å². The van der Waals surface area contributed by atoms with Crippen LogP contribution in [0.2, 0.25) is 0 Å². The van der Waals surface area contributed by atoms with E-state index in [1.165, 1.54) is 0 Å². The molecule has 1 unspecified atom stereocenters. The molecule has 25 heavy (non-hydrogen) atoms. The Morgan fingerprint density at radius 2 is 1.72 bits per heavy atom. The summed E-state index contributed by atoms with van der Waals surface area (Å²) in [6.07, 6.45) is 9.04. The molecule has 0 amide bonds. The van der Waals surface area contributed by atoms with Gasteiger partial charge in [-0.25, -0.2) is 0 Å². The van der Waals surface area contributed by atoms with Gasteiger partial charge in [0.1, 0.15) is 0 Å². The van der Waals surface area contributed by atoms with Gasteiger partial charge in [0.2, 0.25) is 0 Å². The first-order valence-corrected chi connectivity index (χ1v) is 9.76. The van der Waals surface area contributed by atoms with Gasteiger partial charge in [0.05, 0.1) is 4.92 Å². The Labute approximate surface area is 151 Å². The third-order valence-corrected chi connectivity index (χ3v) is 6.73. The minimum absolute atomic E-state index is 0.128. The maximum atomic E-state index is 12.1. The van der Waals surface area contributed by atoms with E-state index >= 15 is 0 Å². The van der Waals surface area contributed by atoms with Gasteiger partial charge in [0, 0.05) is 22.6 Å². The highest BCUT2D eigenvalue weighted by molar-refractivity contribution is 7.40. The minimum atomic E-state index is -0.361. The Bertz CT molecular complexity index is 677. The molecule has 0 bridgehead atoms. The lowest BCUT2D eigenvalue weighted by Crippen LogP contribution is -2.38. The molecule has 1 aromatic carbocycles. The van der Waals surface area contributed by atoms with E-state index in [-0.39, 0.29) is 27.1 Å². The SMILES string of the molecule is NC1(Cc2ccc(CC3(C(=O)P)CCCC3)cc2[N+](=O)[O-])CCCC1. The fourth-order valence-electron chi connectivity index (χ4n) is 4.63. The van der Waals surface area contributed by atoms with Gasteiger partial charge in [0.25, 0.3) is 5.69 Å². The number of carbonyl (C=O) groups is 1.